The van der Waals surface area contributed by atoms with E-state index in [0.29, 0.717) is 17.7 Å². The van der Waals surface area contributed by atoms with Crippen LogP contribution >= 0.6 is 0 Å². The number of benzene rings is 2. The molecule has 4 heteroatoms. The normalized spacial score (nSPS) is 16.4. The van der Waals surface area contributed by atoms with Crippen molar-refractivity contribution in [2.45, 2.75) is 19.4 Å². The van der Waals surface area contributed by atoms with Gasteiger partial charge in [0.05, 0.1) is 0 Å². The number of hydrogen-bond acceptors (Lipinski definition) is 2. The van der Waals surface area contributed by atoms with Crippen molar-refractivity contribution in [2.24, 2.45) is 0 Å². The SMILES string of the molecule is Cc1ccc(NC(=O)[C@@H]2Cc3ccccc3N2)cc1F. The lowest BCUT2D eigenvalue weighted by Crippen LogP contribution is -2.32. The predicted molar refractivity (Wildman–Crippen MR) is 77.3 cm³/mol. The van der Waals surface area contributed by atoms with Crippen LogP contribution in [0.5, 0.6) is 0 Å². The second-order valence-electron chi connectivity index (χ2n) is 5.01. The monoisotopic (exact) mass is 270 g/mol. The highest BCUT2D eigenvalue weighted by atomic mass is 19.1. The van der Waals surface area contributed by atoms with Crippen molar-refractivity contribution >= 4 is 17.3 Å². The number of aryl methyl sites for hydroxylation is 1. The van der Waals surface area contributed by atoms with Crippen molar-refractivity contribution in [1.82, 2.24) is 0 Å². The van der Waals surface area contributed by atoms with E-state index in [9.17, 15) is 9.18 Å². The third-order valence-corrected chi connectivity index (χ3v) is 3.53. The molecule has 1 aliphatic heterocycles. The van der Waals surface area contributed by atoms with E-state index >= 15 is 0 Å². The first kappa shape index (κ1) is 12.7. The number of carbonyl (C=O) groups is 1. The quantitative estimate of drug-likeness (QED) is 0.880. The van der Waals surface area contributed by atoms with Gasteiger partial charge in [-0.15, -0.1) is 0 Å². The van der Waals surface area contributed by atoms with Gasteiger partial charge in [0.15, 0.2) is 0 Å². The van der Waals surface area contributed by atoms with Gasteiger partial charge in [-0.05, 0) is 36.2 Å². The summed E-state index contributed by atoms with van der Waals surface area (Å²) >= 11 is 0. The fourth-order valence-corrected chi connectivity index (χ4v) is 2.36. The van der Waals surface area contributed by atoms with E-state index in [1.807, 2.05) is 24.3 Å². The summed E-state index contributed by atoms with van der Waals surface area (Å²) in [5.74, 6) is -0.463. The van der Waals surface area contributed by atoms with E-state index < -0.39 is 0 Å². The molecule has 0 aliphatic carbocycles. The maximum Gasteiger partial charge on any atom is 0.247 e. The number of para-hydroxylation sites is 1. The second-order valence-corrected chi connectivity index (χ2v) is 5.01. The molecule has 0 spiro atoms. The Labute approximate surface area is 116 Å². The van der Waals surface area contributed by atoms with Crippen LogP contribution < -0.4 is 10.6 Å². The number of hydrogen-bond donors (Lipinski definition) is 2. The third kappa shape index (κ3) is 2.37. The molecule has 1 heterocycles. The first-order valence-electron chi connectivity index (χ1n) is 6.55. The number of fused-ring (bicyclic) bond motifs is 1. The van der Waals surface area contributed by atoms with Gasteiger partial charge in [-0.25, -0.2) is 4.39 Å². The van der Waals surface area contributed by atoms with Crippen molar-refractivity contribution < 1.29 is 9.18 Å². The summed E-state index contributed by atoms with van der Waals surface area (Å²) in [5.41, 5.74) is 3.16. The van der Waals surface area contributed by atoms with Crippen LogP contribution in [0.2, 0.25) is 0 Å². The Kier molecular flexibility index (Phi) is 3.14. The minimum Gasteiger partial charge on any atom is -0.373 e. The van der Waals surface area contributed by atoms with Crippen molar-refractivity contribution in [3.63, 3.8) is 0 Å². The van der Waals surface area contributed by atoms with Gasteiger partial charge in [0.25, 0.3) is 0 Å². The molecule has 3 nitrogen and oxygen atoms in total. The van der Waals surface area contributed by atoms with E-state index in [4.69, 9.17) is 0 Å². The summed E-state index contributed by atoms with van der Waals surface area (Å²) in [6.45, 7) is 1.69. The lowest BCUT2D eigenvalue weighted by molar-refractivity contribution is -0.116. The van der Waals surface area contributed by atoms with Crippen LogP contribution in [0, 0.1) is 12.7 Å². The Balaban J connectivity index is 1.71. The molecule has 1 amide bonds. The molecule has 0 unspecified atom stereocenters. The zero-order valence-corrected chi connectivity index (χ0v) is 11.1. The van der Waals surface area contributed by atoms with Crippen LogP contribution in [0.25, 0.3) is 0 Å². The summed E-state index contributed by atoms with van der Waals surface area (Å²) < 4.78 is 13.5. The molecule has 3 rings (SSSR count). The van der Waals surface area contributed by atoms with E-state index in [-0.39, 0.29) is 17.8 Å². The highest BCUT2D eigenvalue weighted by molar-refractivity contribution is 5.98. The van der Waals surface area contributed by atoms with Gasteiger partial charge in [0.1, 0.15) is 11.9 Å². The van der Waals surface area contributed by atoms with Crippen LogP contribution in [-0.4, -0.2) is 11.9 Å². The fourth-order valence-electron chi connectivity index (χ4n) is 2.36. The molecule has 1 atom stereocenters. The van der Waals surface area contributed by atoms with Gasteiger partial charge < -0.3 is 10.6 Å². The lowest BCUT2D eigenvalue weighted by Gasteiger charge is -2.12. The number of nitrogens with one attached hydrogen (secondary N) is 2. The van der Waals surface area contributed by atoms with Crippen LogP contribution in [0.3, 0.4) is 0 Å². The van der Waals surface area contributed by atoms with Crippen LogP contribution in [0.4, 0.5) is 15.8 Å². The van der Waals surface area contributed by atoms with E-state index in [0.717, 1.165) is 11.3 Å². The first-order chi connectivity index (χ1) is 9.63. The Hall–Kier alpha value is -2.36. The standard InChI is InChI=1S/C16H15FN2O/c1-10-6-7-12(9-13(10)17)18-16(20)15-8-11-4-2-3-5-14(11)19-15/h2-7,9,15,19H,8H2,1H3,(H,18,20)/t15-/m0/s1. The number of halogens is 1. The first-order valence-corrected chi connectivity index (χ1v) is 6.55. The predicted octanol–water partition coefficient (Wildman–Crippen LogP) is 3.11. The van der Waals surface area contributed by atoms with Crippen molar-refractivity contribution in [3.05, 3.63) is 59.4 Å². The minimum atomic E-state index is -0.314. The smallest absolute Gasteiger partial charge is 0.247 e. The highest BCUT2D eigenvalue weighted by Gasteiger charge is 2.26. The molecule has 1 aliphatic rings. The Morgan fingerprint density at radius 1 is 1.30 bits per heavy atom. The van der Waals surface area contributed by atoms with E-state index in [2.05, 4.69) is 10.6 Å². The van der Waals surface area contributed by atoms with Gasteiger partial charge in [-0.2, -0.15) is 0 Å². The molecular formula is C16H15FN2O. The van der Waals surface area contributed by atoms with E-state index in [1.54, 1.807) is 19.1 Å². The molecule has 0 saturated carbocycles. The van der Waals surface area contributed by atoms with Gasteiger partial charge >= 0.3 is 0 Å². The Morgan fingerprint density at radius 2 is 2.10 bits per heavy atom. The summed E-state index contributed by atoms with van der Waals surface area (Å²) in [5, 5.41) is 5.92. The third-order valence-electron chi connectivity index (χ3n) is 3.53. The lowest BCUT2D eigenvalue weighted by atomic mass is 10.1. The average Bonchev–Trinajstić information content (AvgIpc) is 2.87. The summed E-state index contributed by atoms with van der Waals surface area (Å²) in [4.78, 5) is 12.2. The molecule has 0 radical (unpaired) electrons. The van der Waals surface area contributed by atoms with Gasteiger partial charge in [0.2, 0.25) is 5.91 Å². The molecule has 2 aromatic carbocycles. The molecule has 0 bridgehead atoms. The summed E-state index contributed by atoms with van der Waals surface area (Å²) in [7, 11) is 0. The average molecular weight is 270 g/mol. The molecule has 102 valence electrons. The highest BCUT2D eigenvalue weighted by Crippen LogP contribution is 2.25. The van der Waals surface area contributed by atoms with Crippen LogP contribution in [0.1, 0.15) is 11.1 Å². The molecule has 0 fully saturated rings. The zero-order chi connectivity index (χ0) is 14.1. The van der Waals surface area contributed by atoms with Crippen LogP contribution in [-0.2, 0) is 11.2 Å². The molecule has 2 N–H and O–H groups in total. The van der Waals surface area contributed by atoms with Crippen LogP contribution in [0.15, 0.2) is 42.5 Å². The van der Waals surface area contributed by atoms with Gasteiger partial charge in [-0.1, -0.05) is 24.3 Å². The van der Waals surface area contributed by atoms with E-state index in [1.165, 1.54) is 6.07 Å². The molecule has 2 aromatic rings. The zero-order valence-electron chi connectivity index (χ0n) is 11.1. The van der Waals surface area contributed by atoms with Crippen molar-refractivity contribution in [2.75, 3.05) is 10.6 Å². The van der Waals surface area contributed by atoms with Crippen molar-refractivity contribution in [1.29, 1.82) is 0 Å². The Morgan fingerprint density at radius 3 is 2.85 bits per heavy atom. The number of anilines is 2. The molecule has 0 saturated heterocycles. The van der Waals surface area contributed by atoms with Crippen molar-refractivity contribution in [3.8, 4) is 0 Å². The summed E-state index contributed by atoms with van der Waals surface area (Å²) in [6, 6.07) is 12.2. The topological polar surface area (TPSA) is 41.1 Å². The molecule has 20 heavy (non-hydrogen) atoms. The second kappa shape index (κ2) is 4.96. The molecule has 0 aromatic heterocycles. The number of rotatable bonds is 2. The minimum absolute atomic E-state index is 0.149. The maximum atomic E-state index is 13.5. The molecular weight excluding hydrogens is 255 g/mol. The summed E-state index contributed by atoms with van der Waals surface area (Å²) in [6.07, 6.45) is 0.649. The maximum absolute atomic E-state index is 13.5. The van der Waals surface area contributed by atoms with Gasteiger partial charge in [0, 0.05) is 17.8 Å². The fraction of sp³-hybridized carbons (Fsp3) is 0.188. The Bertz CT molecular complexity index is 644. The number of amides is 1. The van der Waals surface area contributed by atoms with Gasteiger partial charge in [-0.3, -0.25) is 4.79 Å². The number of carbonyl (C=O) groups excluding carboxylic acids is 1. The largest absolute Gasteiger partial charge is 0.373 e.